The van der Waals surface area contributed by atoms with Gasteiger partial charge in [-0.2, -0.15) is 11.8 Å². The molecular weight excluding hydrogens is 130 g/mol. The van der Waals surface area contributed by atoms with Crippen molar-refractivity contribution in [3.05, 3.63) is 0 Å². The molecule has 1 heterocycles. The molecule has 0 amide bonds. The van der Waals surface area contributed by atoms with Gasteiger partial charge in [0, 0.05) is 0 Å². The van der Waals surface area contributed by atoms with E-state index in [2.05, 4.69) is 24.0 Å². The molecule has 0 radical (unpaired) electrons. The molecule has 0 spiro atoms. The number of nitrogens with one attached hydrogen (secondary N) is 1. The predicted octanol–water partition coefficient (Wildman–Crippen LogP) is 1.20. The fourth-order valence-electron chi connectivity index (χ4n) is 1.07. The van der Waals surface area contributed by atoms with E-state index in [4.69, 9.17) is 0 Å². The molecule has 0 bridgehead atoms. The summed E-state index contributed by atoms with van der Waals surface area (Å²) in [6.45, 7) is 3.52. The largest absolute Gasteiger partial charge is 0.319 e. The Balaban J connectivity index is 2.08. The first-order valence-electron chi connectivity index (χ1n) is 3.57. The maximum absolute atomic E-state index is 3.21. The van der Waals surface area contributed by atoms with Crippen molar-refractivity contribution >= 4 is 11.8 Å². The average molecular weight is 145 g/mol. The van der Waals surface area contributed by atoms with Gasteiger partial charge >= 0.3 is 0 Å². The molecule has 1 saturated heterocycles. The van der Waals surface area contributed by atoms with Gasteiger partial charge in [0.1, 0.15) is 0 Å². The van der Waals surface area contributed by atoms with Gasteiger partial charge in [-0.1, -0.05) is 6.92 Å². The van der Waals surface area contributed by atoms with Gasteiger partial charge in [0.2, 0.25) is 0 Å². The van der Waals surface area contributed by atoms with E-state index in [1.807, 2.05) is 7.05 Å². The average Bonchev–Trinajstić information content (AvgIpc) is 1.60. The van der Waals surface area contributed by atoms with Crippen LogP contribution in [0.3, 0.4) is 0 Å². The summed E-state index contributed by atoms with van der Waals surface area (Å²) in [5, 5.41) is 3.21. The van der Waals surface area contributed by atoms with E-state index in [9.17, 15) is 0 Å². The third-order valence-corrected chi connectivity index (χ3v) is 3.32. The van der Waals surface area contributed by atoms with Crippen LogP contribution in [0.2, 0.25) is 0 Å². The summed E-state index contributed by atoms with van der Waals surface area (Å²) in [7, 11) is 2.03. The van der Waals surface area contributed by atoms with Crippen molar-refractivity contribution in [3.8, 4) is 0 Å². The Bertz CT molecular complexity index is 81.0. The summed E-state index contributed by atoms with van der Waals surface area (Å²) in [6.07, 6.45) is 0. The normalized spacial score (nSPS) is 23.3. The quantitative estimate of drug-likeness (QED) is 0.640. The van der Waals surface area contributed by atoms with Crippen LogP contribution in [0.5, 0.6) is 0 Å². The fraction of sp³-hybridized carbons (Fsp3) is 1.00. The Labute approximate surface area is 61.6 Å². The van der Waals surface area contributed by atoms with Gasteiger partial charge in [-0.15, -0.1) is 0 Å². The van der Waals surface area contributed by atoms with E-state index in [-0.39, 0.29) is 0 Å². The minimum Gasteiger partial charge on any atom is -0.319 e. The highest BCUT2D eigenvalue weighted by Gasteiger charge is 2.23. The highest BCUT2D eigenvalue weighted by molar-refractivity contribution is 8.00. The number of rotatable bonds is 3. The molecule has 0 aromatic carbocycles. The topological polar surface area (TPSA) is 12.0 Å². The van der Waals surface area contributed by atoms with E-state index in [1.165, 1.54) is 18.1 Å². The summed E-state index contributed by atoms with van der Waals surface area (Å²) in [4.78, 5) is 0. The van der Waals surface area contributed by atoms with Gasteiger partial charge in [0.15, 0.2) is 0 Å². The lowest BCUT2D eigenvalue weighted by molar-refractivity contribution is 0.402. The molecule has 0 aromatic rings. The standard InChI is InChI=1S/C7H15NS/c1-6(3-8-2)7-4-9-5-7/h6-8H,3-5H2,1-2H3. The van der Waals surface area contributed by atoms with Crippen molar-refractivity contribution in [3.63, 3.8) is 0 Å². The molecule has 1 N–H and O–H groups in total. The number of thioether (sulfide) groups is 1. The molecule has 1 fully saturated rings. The lowest BCUT2D eigenvalue weighted by Crippen LogP contribution is -2.31. The minimum atomic E-state index is 0.885. The Kier molecular flexibility index (Phi) is 2.86. The summed E-state index contributed by atoms with van der Waals surface area (Å²) in [6, 6.07) is 0. The Hall–Kier alpha value is 0.310. The maximum atomic E-state index is 3.21. The van der Waals surface area contributed by atoms with E-state index in [0.717, 1.165) is 11.8 Å². The summed E-state index contributed by atoms with van der Waals surface area (Å²) >= 11 is 2.07. The lowest BCUT2D eigenvalue weighted by Gasteiger charge is -2.30. The molecule has 9 heavy (non-hydrogen) atoms. The molecule has 1 nitrogen and oxygen atoms in total. The zero-order valence-electron chi connectivity index (χ0n) is 6.18. The second-order valence-electron chi connectivity index (χ2n) is 2.83. The zero-order valence-corrected chi connectivity index (χ0v) is 7.00. The van der Waals surface area contributed by atoms with E-state index in [0.29, 0.717) is 0 Å². The molecule has 0 aromatic heterocycles. The second-order valence-corrected chi connectivity index (χ2v) is 3.91. The molecule has 1 aliphatic rings. The van der Waals surface area contributed by atoms with Crippen LogP contribution in [0.15, 0.2) is 0 Å². The second kappa shape index (κ2) is 3.47. The number of hydrogen-bond acceptors (Lipinski definition) is 2. The highest BCUT2D eigenvalue weighted by atomic mass is 32.2. The first-order chi connectivity index (χ1) is 4.34. The third kappa shape index (κ3) is 1.87. The van der Waals surface area contributed by atoms with Crippen LogP contribution in [-0.4, -0.2) is 25.1 Å². The van der Waals surface area contributed by atoms with Crippen molar-refractivity contribution in [1.82, 2.24) is 5.32 Å². The van der Waals surface area contributed by atoms with Crippen molar-refractivity contribution in [2.75, 3.05) is 25.1 Å². The van der Waals surface area contributed by atoms with Crippen LogP contribution < -0.4 is 5.32 Å². The van der Waals surface area contributed by atoms with Crippen LogP contribution in [0, 0.1) is 11.8 Å². The maximum Gasteiger partial charge on any atom is -0.00229 e. The third-order valence-electron chi connectivity index (χ3n) is 1.99. The van der Waals surface area contributed by atoms with Crippen molar-refractivity contribution in [2.24, 2.45) is 11.8 Å². The van der Waals surface area contributed by atoms with Crippen LogP contribution in [0.1, 0.15) is 6.92 Å². The van der Waals surface area contributed by atoms with Crippen molar-refractivity contribution < 1.29 is 0 Å². The monoisotopic (exact) mass is 145 g/mol. The van der Waals surface area contributed by atoms with Crippen LogP contribution >= 0.6 is 11.8 Å². The smallest absolute Gasteiger partial charge is 0.00229 e. The van der Waals surface area contributed by atoms with Crippen molar-refractivity contribution in [2.45, 2.75) is 6.92 Å². The fourth-order valence-corrected chi connectivity index (χ4v) is 2.24. The molecule has 54 valence electrons. The van der Waals surface area contributed by atoms with Gasteiger partial charge in [0.05, 0.1) is 0 Å². The molecular formula is C7H15NS. The molecule has 1 unspecified atom stereocenters. The van der Waals surface area contributed by atoms with Gasteiger partial charge in [0.25, 0.3) is 0 Å². The van der Waals surface area contributed by atoms with E-state index < -0.39 is 0 Å². The summed E-state index contributed by atoms with van der Waals surface area (Å²) in [5.74, 6) is 4.67. The molecule has 0 saturated carbocycles. The minimum absolute atomic E-state index is 0.885. The van der Waals surface area contributed by atoms with Gasteiger partial charge < -0.3 is 5.32 Å². The SMILES string of the molecule is CNCC(C)C1CSC1. The lowest BCUT2D eigenvalue weighted by atomic mass is 9.97. The van der Waals surface area contributed by atoms with Crippen LogP contribution in [0.25, 0.3) is 0 Å². The van der Waals surface area contributed by atoms with Crippen LogP contribution in [0.4, 0.5) is 0 Å². The predicted molar refractivity (Wildman–Crippen MR) is 43.9 cm³/mol. The molecule has 1 aliphatic heterocycles. The highest BCUT2D eigenvalue weighted by Crippen LogP contribution is 2.30. The summed E-state index contributed by atoms with van der Waals surface area (Å²) in [5.41, 5.74) is 0. The Morgan fingerprint density at radius 2 is 2.33 bits per heavy atom. The molecule has 1 rings (SSSR count). The molecule has 0 aliphatic carbocycles. The van der Waals surface area contributed by atoms with Crippen molar-refractivity contribution in [1.29, 1.82) is 0 Å². The summed E-state index contributed by atoms with van der Waals surface area (Å²) < 4.78 is 0. The Morgan fingerprint density at radius 3 is 2.67 bits per heavy atom. The number of hydrogen-bond donors (Lipinski definition) is 1. The molecule has 2 heteroatoms. The first-order valence-corrected chi connectivity index (χ1v) is 4.72. The van der Waals surface area contributed by atoms with Gasteiger partial charge in [-0.25, -0.2) is 0 Å². The zero-order chi connectivity index (χ0) is 6.69. The van der Waals surface area contributed by atoms with E-state index >= 15 is 0 Å². The van der Waals surface area contributed by atoms with Gasteiger partial charge in [-0.05, 0) is 36.9 Å². The molecule has 1 atom stereocenters. The van der Waals surface area contributed by atoms with E-state index in [1.54, 1.807) is 0 Å². The Morgan fingerprint density at radius 1 is 1.67 bits per heavy atom. The van der Waals surface area contributed by atoms with Crippen LogP contribution in [-0.2, 0) is 0 Å². The first kappa shape index (κ1) is 7.42. The van der Waals surface area contributed by atoms with Gasteiger partial charge in [-0.3, -0.25) is 0 Å².